The number of hydrogen-bond acceptors (Lipinski definition) is 4. The van der Waals surface area contributed by atoms with Crippen LogP contribution in [0.3, 0.4) is 0 Å². The van der Waals surface area contributed by atoms with Crippen LogP contribution in [0.5, 0.6) is 0 Å². The third-order valence-electron chi connectivity index (χ3n) is 4.37. The van der Waals surface area contributed by atoms with Crippen LogP contribution in [-0.4, -0.2) is 53.4 Å². The average Bonchev–Trinajstić information content (AvgIpc) is 3.02. The number of hydrogen-bond donors (Lipinski definition) is 1. The van der Waals surface area contributed by atoms with Crippen molar-refractivity contribution in [2.24, 2.45) is 0 Å². The first-order chi connectivity index (χ1) is 11.2. The van der Waals surface area contributed by atoms with Gasteiger partial charge in [0.05, 0.1) is 6.61 Å². The predicted molar refractivity (Wildman–Crippen MR) is 90.9 cm³/mol. The number of aromatic nitrogens is 3. The summed E-state index contributed by atoms with van der Waals surface area (Å²) >= 11 is 6.03. The smallest absolute Gasteiger partial charge is 0.153 e. The fourth-order valence-electron chi connectivity index (χ4n) is 3.05. The summed E-state index contributed by atoms with van der Waals surface area (Å²) in [5, 5.41) is 8.27. The topological polar surface area (TPSA) is 54.0 Å². The zero-order chi connectivity index (χ0) is 16.1. The van der Waals surface area contributed by atoms with E-state index in [0.717, 1.165) is 67.7 Å². The molecule has 2 heterocycles. The molecule has 1 aliphatic rings. The number of halogens is 1. The van der Waals surface area contributed by atoms with Crippen LogP contribution < -0.4 is 0 Å². The lowest BCUT2D eigenvalue weighted by atomic mass is 9.96. The van der Waals surface area contributed by atoms with Crippen molar-refractivity contribution in [1.82, 2.24) is 20.1 Å². The number of nitrogens with zero attached hydrogens (tertiary/aromatic N) is 3. The molecule has 1 aromatic carbocycles. The number of ether oxygens (including phenoxy) is 1. The third-order valence-corrected chi connectivity index (χ3v) is 4.61. The van der Waals surface area contributed by atoms with Crippen LogP contribution in [0.2, 0.25) is 5.02 Å². The van der Waals surface area contributed by atoms with Crippen molar-refractivity contribution in [3.05, 3.63) is 46.5 Å². The maximum absolute atomic E-state index is 6.03. The van der Waals surface area contributed by atoms with Crippen LogP contribution in [0.15, 0.2) is 24.3 Å². The molecule has 1 aromatic heterocycles. The summed E-state index contributed by atoms with van der Waals surface area (Å²) in [6.45, 7) is 3.99. The number of methoxy groups -OCH3 is 1. The summed E-state index contributed by atoms with van der Waals surface area (Å²) in [4.78, 5) is 7.14. The molecule has 6 heteroatoms. The fourth-order valence-corrected chi connectivity index (χ4v) is 3.26. The molecule has 0 radical (unpaired) electrons. The van der Waals surface area contributed by atoms with E-state index in [0.29, 0.717) is 5.92 Å². The van der Waals surface area contributed by atoms with Crippen molar-refractivity contribution in [1.29, 1.82) is 0 Å². The second kappa shape index (κ2) is 7.90. The maximum Gasteiger partial charge on any atom is 0.153 e. The minimum atomic E-state index is 0.457. The highest BCUT2D eigenvalue weighted by Gasteiger charge is 2.23. The Hall–Kier alpha value is -1.43. The van der Waals surface area contributed by atoms with Gasteiger partial charge in [0, 0.05) is 31.0 Å². The molecule has 5 nitrogen and oxygen atoms in total. The fraction of sp³-hybridized carbons (Fsp3) is 0.529. The molecule has 1 N–H and O–H groups in total. The van der Waals surface area contributed by atoms with E-state index in [1.165, 1.54) is 0 Å². The van der Waals surface area contributed by atoms with Crippen molar-refractivity contribution in [2.45, 2.75) is 25.2 Å². The Kier molecular flexibility index (Phi) is 5.65. The molecule has 0 saturated carbocycles. The Morgan fingerprint density at radius 2 is 2.17 bits per heavy atom. The van der Waals surface area contributed by atoms with E-state index in [-0.39, 0.29) is 0 Å². The van der Waals surface area contributed by atoms with Crippen LogP contribution >= 0.6 is 11.6 Å². The van der Waals surface area contributed by atoms with Crippen molar-refractivity contribution < 1.29 is 4.74 Å². The Morgan fingerprint density at radius 1 is 1.35 bits per heavy atom. The van der Waals surface area contributed by atoms with E-state index in [9.17, 15) is 0 Å². The first-order valence-electron chi connectivity index (χ1n) is 8.11. The number of likely N-dealkylation sites (tertiary alicyclic amines) is 1. The Labute approximate surface area is 142 Å². The van der Waals surface area contributed by atoms with E-state index < -0.39 is 0 Å². The molecule has 0 unspecified atom stereocenters. The zero-order valence-electron chi connectivity index (χ0n) is 13.5. The van der Waals surface area contributed by atoms with Gasteiger partial charge in [0.25, 0.3) is 0 Å². The molecule has 0 amide bonds. The number of piperidine rings is 1. The number of nitrogens with one attached hydrogen (secondary N) is 1. The van der Waals surface area contributed by atoms with Gasteiger partial charge in [0.15, 0.2) is 5.82 Å². The lowest BCUT2D eigenvalue weighted by Gasteiger charge is -2.30. The van der Waals surface area contributed by atoms with Gasteiger partial charge in [-0.1, -0.05) is 23.7 Å². The van der Waals surface area contributed by atoms with E-state index >= 15 is 0 Å². The Morgan fingerprint density at radius 3 is 2.91 bits per heavy atom. The number of H-pyrrole nitrogens is 1. The molecular formula is C17H23ClN4O. The van der Waals surface area contributed by atoms with Crippen molar-refractivity contribution in [3.63, 3.8) is 0 Å². The zero-order valence-corrected chi connectivity index (χ0v) is 14.2. The minimum Gasteiger partial charge on any atom is -0.383 e. The summed E-state index contributed by atoms with van der Waals surface area (Å²) in [6.07, 6.45) is 2.95. The van der Waals surface area contributed by atoms with Gasteiger partial charge in [-0.25, -0.2) is 4.98 Å². The number of aromatic amines is 1. The van der Waals surface area contributed by atoms with Crippen LogP contribution in [0.25, 0.3) is 0 Å². The molecule has 1 aliphatic heterocycles. The summed E-state index contributed by atoms with van der Waals surface area (Å²) in [6, 6.07) is 7.87. The second-order valence-electron chi connectivity index (χ2n) is 6.06. The van der Waals surface area contributed by atoms with Crippen LogP contribution in [0.4, 0.5) is 0 Å². The van der Waals surface area contributed by atoms with Crippen molar-refractivity contribution in [2.75, 3.05) is 33.4 Å². The van der Waals surface area contributed by atoms with Gasteiger partial charge < -0.3 is 9.64 Å². The lowest BCUT2D eigenvalue weighted by molar-refractivity contribution is 0.129. The van der Waals surface area contributed by atoms with Crippen LogP contribution in [-0.2, 0) is 11.2 Å². The second-order valence-corrected chi connectivity index (χ2v) is 6.49. The highest BCUT2D eigenvalue weighted by molar-refractivity contribution is 6.30. The van der Waals surface area contributed by atoms with Crippen LogP contribution in [0.1, 0.15) is 36.0 Å². The van der Waals surface area contributed by atoms with Gasteiger partial charge in [-0.05, 0) is 43.6 Å². The molecule has 0 aliphatic carbocycles. The largest absolute Gasteiger partial charge is 0.383 e. The van der Waals surface area contributed by atoms with E-state index in [1.54, 1.807) is 7.11 Å². The van der Waals surface area contributed by atoms with Gasteiger partial charge in [0.2, 0.25) is 0 Å². The Balaban J connectivity index is 1.55. The van der Waals surface area contributed by atoms with Gasteiger partial charge >= 0.3 is 0 Å². The first-order valence-corrected chi connectivity index (χ1v) is 8.49. The van der Waals surface area contributed by atoms with Gasteiger partial charge in [0.1, 0.15) is 5.82 Å². The van der Waals surface area contributed by atoms with E-state index in [2.05, 4.69) is 21.2 Å². The van der Waals surface area contributed by atoms with Crippen LogP contribution in [0, 0.1) is 0 Å². The third kappa shape index (κ3) is 4.53. The molecule has 0 atom stereocenters. The molecule has 0 spiro atoms. The SMILES string of the molecule is COCCN1CCC(c2n[nH]c(Cc3cccc(Cl)c3)n2)CC1. The lowest BCUT2D eigenvalue weighted by Crippen LogP contribution is -2.35. The predicted octanol–water partition coefficient (Wildman–Crippen LogP) is 2.87. The van der Waals surface area contributed by atoms with Gasteiger partial charge in [-0.2, -0.15) is 5.10 Å². The normalized spacial score (nSPS) is 16.8. The molecule has 23 heavy (non-hydrogen) atoms. The summed E-state index contributed by atoms with van der Waals surface area (Å²) in [7, 11) is 1.75. The van der Waals surface area contributed by atoms with Crippen molar-refractivity contribution in [3.8, 4) is 0 Å². The minimum absolute atomic E-state index is 0.457. The number of rotatable bonds is 6. The maximum atomic E-state index is 6.03. The highest BCUT2D eigenvalue weighted by Crippen LogP contribution is 2.25. The summed E-state index contributed by atoms with van der Waals surface area (Å²) in [5.41, 5.74) is 1.15. The van der Waals surface area contributed by atoms with Gasteiger partial charge in [-0.15, -0.1) is 0 Å². The molecular weight excluding hydrogens is 312 g/mol. The molecule has 2 aromatic rings. The molecule has 3 rings (SSSR count). The molecule has 0 bridgehead atoms. The van der Waals surface area contributed by atoms with E-state index in [1.807, 2.05) is 18.2 Å². The standard InChI is InChI=1S/C17H23ClN4O/c1-23-10-9-22-7-5-14(6-8-22)17-19-16(20-21-17)12-13-3-2-4-15(18)11-13/h2-4,11,14H,5-10,12H2,1H3,(H,19,20,21). The van der Waals surface area contributed by atoms with Gasteiger partial charge in [-0.3, -0.25) is 5.10 Å². The summed E-state index contributed by atoms with van der Waals surface area (Å²) < 4.78 is 5.14. The Bertz CT molecular complexity index is 623. The van der Waals surface area contributed by atoms with E-state index in [4.69, 9.17) is 21.3 Å². The van der Waals surface area contributed by atoms with Crippen molar-refractivity contribution >= 4 is 11.6 Å². The average molecular weight is 335 g/mol. The summed E-state index contributed by atoms with van der Waals surface area (Å²) in [5.74, 6) is 2.32. The number of benzene rings is 1. The highest BCUT2D eigenvalue weighted by atomic mass is 35.5. The quantitative estimate of drug-likeness (QED) is 0.882. The monoisotopic (exact) mass is 334 g/mol. The first kappa shape index (κ1) is 16.4. The molecule has 1 saturated heterocycles. The molecule has 124 valence electrons. The molecule has 1 fully saturated rings.